The average Bonchev–Trinajstić information content (AvgIpc) is 3.54. The molecule has 5 rings (SSSR count). The van der Waals surface area contributed by atoms with E-state index in [1.165, 1.54) is 11.3 Å². The summed E-state index contributed by atoms with van der Waals surface area (Å²) in [4.78, 5) is 15.3. The Morgan fingerprint density at radius 2 is 1.84 bits per heavy atom. The molecule has 0 aliphatic carbocycles. The van der Waals surface area contributed by atoms with E-state index in [1.807, 2.05) is 23.6 Å². The molecular formula is C27H27N5O3S2. The van der Waals surface area contributed by atoms with E-state index in [4.69, 9.17) is 16.9 Å². The standard InChI is InChI=1S/C27H27N5O3S2/c28-21-8-6-18-7-9-23(13-19(18)12-21)37(34,35)22-4-1-3-17(11-22)15-31-27(32-10-2-5-25(32)33)20-14-24(26(29)30)36-16-20/h1,3-4,6-9,11-14,16,27,31H,2,5,10,15,28H2,(H3,29,30). The van der Waals surface area contributed by atoms with E-state index in [0.717, 1.165) is 28.3 Å². The zero-order valence-corrected chi connectivity index (χ0v) is 21.6. The second-order valence-electron chi connectivity index (χ2n) is 9.05. The van der Waals surface area contributed by atoms with Crippen molar-refractivity contribution in [3.8, 4) is 0 Å². The molecule has 1 fully saturated rings. The fourth-order valence-corrected chi connectivity index (χ4v) is 6.73. The van der Waals surface area contributed by atoms with Crippen molar-refractivity contribution in [1.29, 1.82) is 5.41 Å². The van der Waals surface area contributed by atoms with Gasteiger partial charge < -0.3 is 16.4 Å². The Morgan fingerprint density at radius 3 is 2.57 bits per heavy atom. The number of anilines is 1. The minimum Gasteiger partial charge on any atom is -0.399 e. The smallest absolute Gasteiger partial charge is 0.224 e. The fourth-order valence-electron chi connectivity index (χ4n) is 4.57. The zero-order valence-electron chi connectivity index (χ0n) is 20.0. The van der Waals surface area contributed by atoms with Gasteiger partial charge in [0, 0.05) is 30.8 Å². The Kier molecular flexibility index (Phi) is 6.72. The van der Waals surface area contributed by atoms with E-state index in [9.17, 15) is 13.2 Å². The molecular weight excluding hydrogens is 506 g/mol. The molecule has 1 aliphatic heterocycles. The highest BCUT2D eigenvalue weighted by Crippen LogP contribution is 2.29. The lowest BCUT2D eigenvalue weighted by Gasteiger charge is -2.28. The molecule has 190 valence electrons. The van der Waals surface area contributed by atoms with Crippen LogP contribution in [0.4, 0.5) is 5.69 Å². The minimum atomic E-state index is -3.76. The van der Waals surface area contributed by atoms with Crippen LogP contribution in [0.3, 0.4) is 0 Å². The molecule has 0 bridgehead atoms. The van der Waals surface area contributed by atoms with Gasteiger partial charge in [0.15, 0.2) is 0 Å². The third kappa shape index (κ3) is 5.08. The summed E-state index contributed by atoms with van der Waals surface area (Å²) in [6.07, 6.45) is 0.879. The quantitative estimate of drug-likeness (QED) is 0.153. The van der Waals surface area contributed by atoms with Crippen molar-refractivity contribution in [2.75, 3.05) is 12.3 Å². The summed E-state index contributed by atoms with van der Waals surface area (Å²) < 4.78 is 26.9. The molecule has 1 aliphatic rings. The molecule has 37 heavy (non-hydrogen) atoms. The Balaban J connectivity index is 1.41. The predicted octanol–water partition coefficient (Wildman–Crippen LogP) is 4.01. The number of amides is 1. The van der Waals surface area contributed by atoms with Crippen LogP contribution < -0.4 is 16.8 Å². The topological polar surface area (TPSA) is 142 Å². The van der Waals surface area contributed by atoms with Gasteiger partial charge in [-0.1, -0.05) is 24.3 Å². The van der Waals surface area contributed by atoms with E-state index in [1.54, 1.807) is 53.4 Å². The number of hydrogen-bond donors (Lipinski definition) is 4. The van der Waals surface area contributed by atoms with Crippen LogP contribution in [-0.2, 0) is 21.2 Å². The summed E-state index contributed by atoms with van der Waals surface area (Å²) in [6, 6.07) is 19.1. The van der Waals surface area contributed by atoms with Gasteiger partial charge in [-0.05, 0) is 70.6 Å². The maximum absolute atomic E-state index is 13.5. The van der Waals surface area contributed by atoms with E-state index in [-0.39, 0.29) is 21.5 Å². The molecule has 0 spiro atoms. The largest absolute Gasteiger partial charge is 0.399 e. The number of nitrogens with one attached hydrogen (secondary N) is 2. The van der Waals surface area contributed by atoms with Gasteiger partial charge in [-0.3, -0.25) is 15.5 Å². The highest BCUT2D eigenvalue weighted by atomic mass is 32.2. The molecule has 1 aromatic heterocycles. The first-order chi connectivity index (χ1) is 17.7. The third-order valence-electron chi connectivity index (χ3n) is 6.48. The number of fused-ring (bicyclic) bond motifs is 1. The molecule has 6 N–H and O–H groups in total. The molecule has 4 aromatic rings. The van der Waals surface area contributed by atoms with Crippen LogP contribution in [0.2, 0.25) is 0 Å². The second kappa shape index (κ2) is 9.97. The normalized spacial score (nSPS) is 14.8. The molecule has 8 nitrogen and oxygen atoms in total. The Morgan fingerprint density at radius 1 is 1.05 bits per heavy atom. The molecule has 0 radical (unpaired) electrons. The van der Waals surface area contributed by atoms with Crippen LogP contribution in [0.5, 0.6) is 0 Å². The molecule has 3 aromatic carbocycles. The lowest BCUT2D eigenvalue weighted by atomic mass is 10.1. The maximum atomic E-state index is 13.5. The number of benzene rings is 3. The fraction of sp³-hybridized carbons (Fsp3) is 0.185. The summed E-state index contributed by atoms with van der Waals surface area (Å²) in [5.74, 6) is 0.0402. The molecule has 1 amide bonds. The Hall–Kier alpha value is -3.73. The Labute approximate surface area is 219 Å². The Bertz CT molecular complexity index is 1610. The number of rotatable bonds is 8. The first-order valence-electron chi connectivity index (χ1n) is 11.8. The second-order valence-corrected chi connectivity index (χ2v) is 11.9. The summed E-state index contributed by atoms with van der Waals surface area (Å²) >= 11 is 1.36. The van der Waals surface area contributed by atoms with Crippen molar-refractivity contribution < 1.29 is 13.2 Å². The van der Waals surface area contributed by atoms with Gasteiger partial charge in [-0.25, -0.2) is 8.42 Å². The van der Waals surface area contributed by atoms with Crippen LogP contribution >= 0.6 is 11.3 Å². The van der Waals surface area contributed by atoms with Gasteiger partial charge in [0.1, 0.15) is 12.0 Å². The number of carbonyl (C=O) groups is 1. The number of nitrogens with zero attached hydrogens (tertiary/aromatic N) is 1. The van der Waals surface area contributed by atoms with E-state index in [0.29, 0.717) is 30.1 Å². The van der Waals surface area contributed by atoms with Crippen LogP contribution in [-0.4, -0.2) is 31.6 Å². The van der Waals surface area contributed by atoms with Gasteiger partial charge >= 0.3 is 0 Å². The van der Waals surface area contributed by atoms with Crippen molar-refractivity contribution in [3.05, 3.63) is 88.1 Å². The van der Waals surface area contributed by atoms with Gasteiger partial charge in [0.2, 0.25) is 15.7 Å². The van der Waals surface area contributed by atoms with Gasteiger partial charge in [-0.2, -0.15) is 0 Å². The summed E-state index contributed by atoms with van der Waals surface area (Å²) in [6.45, 7) is 0.972. The maximum Gasteiger partial charge on any atom is 0.224 e. The van der Waals surface area contributed by atoms with Crippen LogP contribution in [0.1, 0.15) is 35.0 Å². The SMILES string of the molecule is N=C(N)c1cc(C(NCc2cccc(S(=O)(=O)c3ccc4ccc(N)cc4c3)c2)N2CCCC2=O)cs1. The molecule has 10 heteroatoms. The lowest BCUT2D eigenvalue weighted by Crippen LogP contribution is -2.38. The summed E-state index contributed by atoms with van der Waals surface area (Å²) in [5.41, 5.74) is 13.7. The first kappa shape index (κ1) is 24.9. The number of nitrogens with two attached hydrogens (primary N) is 2. The van der Waals surface area contributed by atoms with E-state index in [2.05, 4.69) is 5.32 Å². The number of amidine groups is 1. The zero-order chi connectivity index (χ0) is 26.2. The molecule has 1 unspecified atom stereocenters. The van der Waals surface area contributed by atoms with Crippen LogP contribution in [0.15, 0.2) is 81.9 Å². The van der Waals surface area contributed by atoms with Crippen LogP contribution in [0, 0.1) is 5.41 Å². The molecule has 1 atom stereocenters. The highest BCUT2D eigenvalue weighted by molar-refractivity contribution is 7.91. The summed E-state index contributed by atoms with van der Waals surface area (Å²) in [7, 11) is -3.76. The molecule has 1 saturated heterocycles. The minimum absolute atomic E-state index is 0.0166. The summed E-state index contributed by atoms with van der Waals surface area (Å²) in [5, 5.41) is 14.7. The number of sulfone groups is 1. The number of thiophene rings is 1. The van der Waals surface area contributed by atoms with Gasteiger partial charge in [-0.15, -0.1) is 11.3 Å². The predicted molar refractivity (Wildman–Crippen MR) is 146 cm³/mol. The van der Waals surface area contributed by atoms with Crippen molar-refractivity contribution >= 4 is 49.4 Å². The third-order valence-corrected chi connectivity index (χ3v) is 9.21. The first-order valence-corrected chi connectivity index (χ1v) is 14.2. The number of nitrogen functional groups attached to an aromatic ring is 2. The van der Waals surface area contributed by atoms with E-state index < -0.39 is 16.0 Å². The number of likely N-dealkylation sites (tertiary alicyclic amines) is 1. The van der Waals surface area contributed by atoms with Gasteiger partial charge in [0.05, 0.1) is 14.7 Å². The monoisotopic (exact) mass is 533 g/mol. The van der Waals surface area contributed by atoms with Gasteiger partial charge in [0.25, 0.3) is 0 Å². The average molecular weight is 534 g/mol. The van der Waals surface area contributed by atoms with Crippen LogP contribution in [0.25, 0.3) is 10.8 Å². The highest BCUT2D eigenvalue weighted by Gasteiger charge is 2.29. The van der Waals surface area contributed by atoms with Crippen molar-refractivity contribution in [2.24, 2.45) is 5.73 Å². The molecule has 0 saturated carbocycles. The lowest BCUT2D eigenvalue weighted by molar-refractivity contribution is -0.130. The van der Waals surface area contributed by atoms with E-state index >= 15 is 0 Å². The number of carbonyl (C=O) groups excluding carboxylic acids is 1. The van der Waals surface area contributed by atoms with Crippen molar-refractivity contribution in [3.63, 3.8) is 0 Å². The number of hydrogen-bond acceptors (Lipinski definition) is 7. The molecule has 2 heterocycles. The van der Waals surface area contributed by atoms with Crippen molar-refractivity contribution in [2.45, 2.75) is 35.3 Å². The van der Waals surface area contributed by atoms with Crippen molar-refractivity contribution in [1.82, 2.24) is 10.2 Å².